The largest absolute Gasteiger partial charge is 0.455 e. The van der Waals surface area contributed by atoms with Gasteiger partial charge in [-0.15, -0.1) is 11.8 Å². The van der Waals surface area contributed by atoms with Gasteiger partial charge in [-0.1, -0.05) is 23.4 Å². The lowest BCUT2D eigenvalue weighted by Gasteiger charge is -2.17. The van der Waals surface area contributed by atoms with Gasteiger partial charge in [0.05, 0.1) is 11.0 Å². The average Bonchev–Trinajstić information content (AvgIpc) is 3.30. The third-order valence-corrected chi connectivity index (χ3v) is 5.36. The van der Waals surface area contributed by atoms with E-state index in [1.54, 1.807) is 24.8 Å². The lowest BCUT2D eigenvalue weighted by molar-refractivity contribution is -0.145. The zero-order valence-corrected chi connectivity index (χ0v) is 16.5. The standard InChI is InChI=1S/C19H21N3O5S/c1-12-9-16(21-27-12)20-19(25)13(2)28-11-18(24)26-10-17(23)22-8-7-14-5-3-4-6-15(14)22/h3-6,9,13H,7-8,10-11H2,1-2H3,(H,20,21,25)/t13-/m0/s1. The van der Waals surface area contributed by atoms with E-state index >= 15 is 0 Å². The Morgan fingerprint density at radius 3 is 2.89 bits per heavy atom. The van der Waals surface area contributed by atoms with Crippen LogP contribution in [0, 0.1) is 6.92 Å². The molecule has 28 heavy (non-hydrogen) atoms. The SMILES string of the molecule is Cc1cc(NC(=O)[C@H](C)SCC(=O)OCC(=O)N2CCc3ccccc32)no1. The number of aryl methyl sites for hydroxylation is 1. The maximum absolute atomic E-state index is 12.3. The van der Waals surface area contributed by atoms with Crippen LogP contribution in [0.5, 0.6) is 0 Å². The van der Waals surface area contributed by atoms with Gasteiger partial charge in [-0.25, -0.2) is 0 Å². The van der Waals surface area contributed by atoms with Crippen molar-refractivity contribution in [2.75, 3.05) is 29.1 Å². The van der Waals surface area contributed by atoms with Crippen LogP contribution in [0.3, 0.4) is 0 Å². The second kappa shape index (κ2) is 8.92. The molecule has 3 rings (SSSR count). The number of ether oxygens (including phenoxy) is 1. The van der Waals surface area contributed by atoms with Crippen molar-refractivity contribution in [3.63, 3.8) is 0 Å². The van der Waals surface area contributed by atoms with E-state index in [4.69, 9.17) is 9.26 Å². The van der Waals surface area contributed by atoms with E-state index in [1.807, 2.05) is 24.3 Å². The van der Waals surface area contributed by atoms with Gasteiger partial charge in [0.1, 0.15) is 5.76 Å². The quantitative estimate of drug-likeness (QED) is 0.707. The first-order valence-electron chi connectivity index (χ1n) is 8.83. The fourth-order valence-electron chi connectivity index (χ4n) is 2.78. The summed E-state index contributed by atoms with van der Waals surface area (Å²) in [5, 5.41) is 5.80. The van der Waals surface area contributed by atoms with Crippen molar-refractivity contribution in [2.24, 2.45) is 0 Å². The van der Waals surface area contributed by atoms with E-state index in [9.17, 15) is 14.4 Å². The van der Waals surface area contributed by atoms with Crippen LogP contribution in [0.2, 0.25) is 0 Å². The Kier molecular flexibility index (Phi) is 6.35. The number of esters is 1. The number of aromatic nitrogens is 1. The van der Waals surface area contributed by atoms with Gasteiger partial charge in [-0.2, -0.15) is 0 Å². The number of nitrogens with one attached hydrogen (secondary N) is 1. The summed E-state index contributed by atoms with van der Waals surface area (Å²) < 4.78 is 9.95. The lowest BCUT2D eigenvalue weighted by Crippen LogP contribution is -2.33. The molecular weight excluding hydrogens is 382 g/mol. The van der Waals surface area contributed by atoms with Crippen molar-refractivity contribution < 1.29 is 23.6 Å². The molecule has 0 bridgehead atoms. The third-order valence-electron chi connectivity index (χ3n) is 4.24. The first-order valence-corrected chi connectivity index (χ1v) is 9.88. The second-order valence-corrected chi connectivity index (χ2v) is 7.68. The number of benzene rings is 1. The van der Waals surface area contributed by atoms with Gasteiger partial charge in [-0.3, -0.25) is 14.4 Å². The molecule has 0 saturated carbocycles. The molecule has 148 valence electrons. The summed E-state index contributed by atoms with van der Waals surface area (Å²) in [7, 11) is 0. The highest BCUT2D eigenvalue weighted by Gasteiger charge is 2.25. The van der Waals surface area contributed by atoms with Gasteiger partial charge in [0.2, 0.25) is 5.91 Å². The third kappa shape index (κ3) is 4.92. The van der Waals surface area contributed by atoms with Gasteiger partial charge in [0.15, 0.2) is 12.4 Å². The van der Waals surface area contributed by atoms with Crippen molar-refractivity contribution in [3.05, 3.63) is 41.7 Å². The van der Waals surface area contributed by atoms with E-state index in [2.05, 4.69) is 10.5 Å². The number of para-hydroxylation sites is 1. The van der Waals surface area contributed by atoms with E-state index < -0.39 is 11.2 Å². The smallest absolute Gasteiger partial charge is 0.316 e. The number of carbonyl (C=O) groups is 3. The topological polar surface area (TPSA) is 102 Å². The van der Waals surface area contributed by atoms with Crippen molar-refractivity contribution in [3.8, 4) is 0 Å². The number of nitrogens with zero attached hydrogens (tertiary/aromatic N) is 2. The first-order chi connectivity index (χ1) is 13.4. The molecule has 0 unspecified atom stereocenters. The van der Waals surface area contributed by atoms with E-state index in [0.29, 0.717) is 18.1 Å². The average molecular weight is 403 g/mol. The van der Waals surface area contributed by atoms with Gasteiger partial charge >= 0.3 is 5.97 Å². The van der Waals surface area contributed by atoms with Crippen molar-refractivity contribution >= 4 is 41.1 Å². The summed E-state index contributed by atoms with van der Waals surface area (Å²) in [5.41, 5.74) is 1.98. The monoisotopic (exact) mass is 403 g/mol. The summed E-state index contributed by atoms with van der Waals surface area (Å²) in [6.07, 6.45) is 0.795. The number of hydrogen-bond donors (Lipinski definition) is 1. The zero-order valence-electron chi connectivity index (χ0n) is 15.6. The number of rotatable bonds is 7. The number of amides is 2. The molecule has 9 heteroatoms. The number of carbonyl (C=O) groups excluding carboxylic acids is 3. The molecule has 1 atom stereocenters. The van der Waals surface area contributed by atoms with Crippen molar-refractivity contribution in [2.45, 2.75) is 25.5 Å². The second-order valence-electron chi connectivity index (χ2n) is 6.35. The molecule has 2 heterocycles. The fraction of sp³-hybridized carbons (Fsp3) is 0.368. The van der Waals surface area contributed by atoms with E-state index in [-0.39, 0.29) is 24.2 Å². The summed E-state index contributed by atoms with van der Waals surface area (Å²) in [4.78, 5) is 37.9. The van der Waals surface area contributed by atoms with Crippen molar-refractivity contribution in [1.29, 1.82) is 0 Å². The molecule has 0 aliphatic carbocycles. The molecule has 0 fully saturated rings. The van der Waals surface area contributed by atoms with Crippen molar-refractivity contribution in [1.82, 2.24) is 5.16 Å². The minimum Gasteiger partial charge on any atom is -0.455 e. The Balaban J connectivity index is 1.39. The van der Waals surface area contributed by atoms with Crippen LogP contribution in [0.4, 0.5) is 11.5 Å². The Morgan fingerprint density at radius 1 is 1.36 bits per heavy atom. The Labute approximate surface area is 166 Å². The Morgan fingerprint density at radius 2 is 2.14 bits per heavy atom. The van der Waals surface area contributed by atoms with E-state index in [0.717, 1.165) is 29.4 Å². The van der Waals surface area contributed by atoms with Crippen LogP contribution in [-0.4, -0.2) is 47.1 Å². The Hall–Kier alpha value is -2.81. The molecule has 2 aromatic rings. The normalized spacial score (nSPS) is 13.7. The predicted molar refractivity (Wildman–Crippen MR) is 105 cm³/mol. The molecule has 0 spiro atoms. The highest BCUT2D eigenvalue weighted by atomic mass is 32.2. The number of hydrogen-bond acceptors (Lipinski definition) is 7. The number of thioether (sulfide) groups is 1. The molecule has 0 saturated heterocycles. The molecule has 1 aliphatic rings. The van der Waals surface area contributed by atoms with Gasteiger partial charge in [0, 0.05) is 18.3 Å². The summed E-state index contributed by atoms with van der Waals surface area (Å²) >= 11 is 1.12. The highest BCUT2D eigenvalue weighted by molar-refractivity contribution is 8.01. The van der Waals surface area contributed by atoms with Gasteiger partial charge in [-0.05, 0) is 31.9 Å². The maximum atomic E-state index is 12.3. The fourth-order valence-corrected chi connectivity index (χ4v) is 3.46. The van der Waals surface area contributed by atoms with Crippen LogP contribution in [-0.2, 0) is 25.5 Å². The molecular formula is C19H21N3O5S. The molecule has 1 aromatic carbocycles. The minimum absolute atomic E-state index is 0.0315. The molecule has 0 radical (unpaired) electrons. The Bertz CT molecular complexity index is 882. The zero-order chi connectivity index (χ0) is 20.1. The van der Waals surface area contributed by atoms with Crippen LogP contribution < -0.4 is 10.2 Å². The summed E-state index contributed by atoms with van der Waals surface area (Å²) in [6.45, 7) is 3.67. The molecule has 1 aliphatic heterocycles. The van der Waals surface area contributed by atoms with Crippen LogP contribution in [0.25, 0.3) is 0 Å². The van der Waals surface area contributed by atoms with Crippen LogP contribution in [0.1, 0.15) is 18.2 Å². The molecule has 1 aromatic heterocycles. The molecule has 1 N–H and O–H groups in total. The first kappa shape index (κ1) is 19.9. The highest BCUT2D eigenvalue weighted by Crippen LogP contribution is 2.27. The van der Waals surface area contributed by atoms with Gasteiger partial charge < -0.3 is 19.5 Å². The van der Waals surface area contributed by atoms with Crippen LogP contribution in [0.15, 0.2) is 34.9 Å². The lowest BCUT2D eigenvalue weighted by atomic mass is 10.2. The minimum atomic E-state index is -0.539. The maximum Gasteiger partial charge on any atom is 0.316 e. The van der Waals surface area contributed by atoms with E-state index in [1.165, 1.54) is 0 Å². The predicted octanol–water partition coefficient (Wildman–Crippen LogP) is 2.18. The summed E-state index contributed by atoms with van der Waals surface area (Å²) in [6, 6.07) is 9.28. The number of anilines is 2. The summed E-state index contributed by atoms with van der Waals surface area (Å²) in [5.74, 6) is -0.205. The molecule has 8 nitrogen and oxygen atoms in total. The molecule has 2 amide bonds. The number of fused-ring (bicyclic) bond motifs is 1. The van der Waals surface area contributed by atoms with Gasteiger partial charge in [0.25, 0.3) is 5.91 Å². The van der Waals surface area contributed by atoms with Crippen LogP contribution >= 0.6 is 11.8 Å².